The quantitative estimate of drug-likeness (QED) is 0.570. The second kappa shape index (κ2) is 8.01. The first-order chi connectivity index (χ1) is 12.1. The Morgan fingerprint density at radius 2 is 1.96 bits per heavy atom. The standard InChI is InChI=1S/C18H20N2O4S2/c1-9-4-5-12(8-10(9)2)11(3)15-16(22)20(18(25)26-15)13(17(23)24)6-7-14(19)21/h4-5,8,13H,6-7H2,1-3H3,(H2,19,21)(H,23,24)/b15-11-. The van der Waals surface area contributed by atoms with Crippen molar-refractivity contribution in [3.63, 3.8) is 0 Å². The molecule has 8 heteroatoms. The number of nitrogens with two attached hydrogens (primary N) is 1. The number of rotatable bonds is 6. The van der Waals surface area contributed by atoms with Gasteiger partial charge >= 0.3 is 5.97 Å². The van der Waals surface area contributed by atoms with Crippen LogP contribution >= 0.6 is 24.0 Å². The molecule has 6 nitrogen and oxygen atoms in total. The molecular formula is C18H20N2O4S2. The third-order valence-electron chi connectivity index (χ3n) is 4.34. The van der Waals surface area contributed by atoms with Gasteiger partial charge in [0.2, 0.25) is 5.91 Å². The Morgan fingerprint density at radius 1 is 1.31 bits per heavy atom. The van der Waals surface area contributed by atoms with E-state index in [-0.39, 0.29) is 17.2 Å². The van der Waals surface area contributed by atoms with Gasteiger partial charge in [-0.1, -0.05) is 42.2 Å². The monoisotopic (exact) mass is 392 g/mol. The van der Waals surface area contributed by atoms with E-state index in [1.165, 1.54) is 0 Å². The molecule has 1 aliphatic rings. The molecule has 1 heterocycles. The van der Waals surface area contributed by atoms with Gasteiger partial charge in [-0.2, -0.15) is 0 Å². The largest absolute Gasteiger partial charge is 0.480 e. The van der Waals surface area contributed by atoms with Crippen molar-refractivity contribution in [2.45, 2.75) is 39.7 Å². The van der Waals surface area contributed by atoms with Crippen LogP contribution in [0.1, 0.15) is 36.5 Å². The maximum atomic E-state index is 12.9. The first kappa shape index (κ1) is 20.1. The third-order valence-corrected chi connectivity index (χ3v) is 5.84. The highest BCUT2D eigenvalue weighted by atomic mass is 32.2. The Morgan fingerprint density at radius 3 is 2.50 bits per heavy atom. The van der Waals surface area contributed by atoms with Crippen molar-refractivity contribution in [2.24, 2.45) is 5.73 Å². The SMILES string of the molecule is C/C(=C1/SC(=S)N(C(CCC(N)=O)C(=O)O)C1=O)c1ccc(C)c(C)c1. The zero-order valence-corrected chi connectivity index (χ0v) is 16.4. The van der Waals surface area contributed by atoms with Gasteiger partial charge in [0.15, 0.2) is 0 Å². The molecule has 138 valence electrons. The predicted molar refractivity (Wildman–Crippen MR) is 105 cm³/mol. The molecule has 0 aliphatic carbocycles. The molecule has 2 rings (SSSR count). The summed E-state index contributed by atoms with van der Waals surface area (Å²) in [5.74, 6) is -2.29. The highest BCUT2D eigenvalue weighted by molar-refractivity contribution is 8.26. The summed E-state index contributed by atoms with van der Waals surface area (Å²) >= 11 is 6.32. The van der Waals surface area contributed by atoms with Crippen LogP contribution in [0.3, 0.4) is 0 Å². The van der Waals surface area contributed by atoms with Gasteiger partial charge in [0, 0.05) is 6.42 Å². The number of benzene rings is 1. The Balaban J connectivity index is 2.38. The van der Waals surface area contributed by atoms with Gasteiger partial charge in [-0.05, 0) is 49.5 Å². The summed E-state index contributed by atoms with van der Waals surface area (Å²) in [6.45, 7) is 5.81. The van der Waals surface area contributed by atoms with Crippen molar-refractivity contribution >= 4 is 51.7 Å². The number of thioether (sulfide) groups is 1. The topological polar surface area (TPSA) is 101 Å². The summed E-state index contributed by atoms with van der Waals surface area (Å²) in [7, 11) is 0. The molecule has 1 fully saturated rings. The molecule has 1 atom stereocenters. The van der Waals surface area contributed by atoms with Crippen molar-refractivity contribution in [1.82, 2.24) is 4.90 Å². The van der Waals surface area contributed by atoms with Crippen LogP contribution < -0.4 is 5.73 Å². The maximum Gasteiger partial charge on any atom is 0.326 e. The van der Waals surface area contributed by atoms with Crippen LogP contribution in [0.25, 0.3) is 5.57 Å². The van der Waals surface area contributed by atoms with E-state index >= 15 is 0 Å². The van der Waals surface area contributed by atoms with E-state index in [9.17, 15) is 19.5 Å². The number of carboxylic acid groups (broad SMARTS) is 1. The second-order valence-electron chi connectivity index (χ2n) is 6.16. The summed E-state index contributed by atoms with van der Waals surface area (Å²) < 4.78 is 0.171. The van der Waals surface area contributed by atoms with E-state index in [4.69, 9.17) is 18.0 Å². The fraction of sp³-hybridized carbons (Fsp3) is 0.333. The lowest BCUT2D eigenvalue weighted by Crippen LogP contribution is -2.44. The maximum absolute atomic E-state index is 12.9. The lowest BCUT2D eigenvalue weighted by Gasteiger charge is -2.22. The van der Waals surface area contributed by atoms with Gasteiger partial charge in [0.05, 0.1) is 4.91 Å². The minimum atomic E-state index is -1.22. The van der Waals surface area contributed by atoms with E-state index in [0.29, 0.717) is 4.91 Å². The van der Waals surface area contributed by atoms with E-state index < -0.39 is 23.8 Å². The minimum absolute atomic E-state index is 0.0763. The molecule has 1 aliphatic heterocycles. The van der Waals surface area contributed by atoms with Crippen LogP contribution in [0.5, 0.6) is 0 Å². The average Bonchev–Trinajstić information content (AvgIpc) is 2.84. The van der Waals surface area contributed by atoms with Crippen LogP contribution in [-0.4, -0.2) is 38.2 Å². The second-order valence-corrected chi connectivity index (χ2v) is 7.80. The molecule has 0 aromatic heterocycles. The number of allylic oxidation sites excluding steroid dienone is 1. The van der Waals surface area contributed by atoms with E-state index in [2.05, 4.69) is 0 Å². The molecule has 1 aromatic rings. The lowest BCUT2D eigenvalue weighted by molar-refractivity contribution is -0.145. The smallest absolute Gasteiger partial charge is 0.326 e. The normalized spacial score (nSPS) is 17.4. The summed E-state index contributed by atoms with van der Waals surface area (Å²) in [6, 6.07) is 4.67. The van der Waals surface area contributed by atoms with Crippen LogP contribution in [0, 0.1) is 13.8 Å². The van der Waals surface area contributed by atoms with Crippen LogP contribution in [0.2, 0.25) is 0 Å². The van der Waals surface area contributed by atoms with Crippen molar-refractivity contribution in [1.29, 1.82) is 0 Å². The fourth-order valence-corrected chi connectivity index (χ4v) is 4.03. The number of carbonyl (C=O) groups excluding carboxylic acids is 2. The van der Waals surface area contributed by atoms with E-state index in [1.54, 1.807) is 0 Å². The summed E-state index contributed by atoms with van der Waals surface area (Å²) in [5, 5.41) is 9.46. The molecule has 0 spiro atoms. The van der Waals surface area contributed by atoms with Gasteiger partial charge in [-0.3, -0.25) is 14.5 Å². The van der Waals surface area contributed by atoms with Gasteiger partial charge in [-0.15, -0.1) is 0 Å². The fourth-order valence-electron chi connectivity index (χ4n) is 2.63. The molecule has 0 saturated carbocycles. The lowest BCUT2D eigenvalue weighted by atomic mass is 10.0. The summed E-state index contributed by atoms with van der Waals surface area (Å²) in [5.41, 5.74) is 8.98. The van der Waals surface area contributed by atoms with Gasteiger partial charge in [-0.25, -0.2) is 4.79 Å². The van der Waals surface area contributed by atoms with Crippen molar-refractivity contribution in [2.75, 3.05) is 0 Å². The summed E-state index contributed by atoms with van der Waals surface area (Å²) in [4.78, 5) is 36.9. The van der Waals surface area contributed by atoms with Crippen molar-refractivity contribution in [3.8, 4) is 0 Å². The molecule has 1 aromatic carbocycles. The van der Waals surface area contributed by atoms with Gasteiger partial charge in [0.1, 0.15) is 10.4 Å². The third kappa shape index (κ3) is 4.13. The Bertz CT molecular complexity index is 832. The molecular weight excluding hydrogens is 372 g/mol. The number of hydrogen-bond donors (Lipinski definition) is 2. The number of nitrogens with zero attached hydrogens (tertiary/aromatic N) is 1. The number of carbonyl (C=O) groups is 3. The zero-order chi connectivity index (χ0) is 19.6. The van der Waals surface area contributed by atoms with Crippen LogP contribution in [0.4, 0.5) is 0 Å². The molecule has 2 amide bonds. The van der Waals surface area contributed by atoms with E-state index in [0.717, 1.165) is 38.9 Å². The number of aryl methyl sites for hydroxylation is 2. The molecule has 3 N–H and O–H groups in total. The Kier molecular flexibility index (Phi) is 6.20. The van der Waals surface area contributed by atoms with Gasteiger partial charge in [0.25, 0.3) is 5.91 Å². The number of thiocarbonyl (C=S) groups is 1. The average molecular weight is 393 g/mol. The molecule has 1 saturated heterocycles. The first-order valence-corrected chi connectivity index (χ1v) is 9.21. The number of hydrogen-bond acceptors (Lipinski definition) is 5. The number of carboxylic acids is 1. The van der Waals surface area contributed by atoms with Crippen LogP contribution in [-0.2, 0) is 14.4 Å². The highest BCUT2D eigenvalue weighted by Crippen LogP contribution is 2.38. The number of primary amides is 1. The number of aliphatic carboxylic acids is 1. The Hall–Kier alpha value is -2.19. The van der Waals surface area contributed by atoms with Crippen molar-refractivity contribution < 1.29 is 19.5 Å². The highest BCUT2D eigenvalue weighted by Gasteiger charge is 2.41. The molecule has 0 bridgehead atoms. The zero-order valence-electron chi connectivity index (χ0n) is 14.7. The van der Waals surface area contributed by atoms with Gasteiger partial charge < -0.3 is 10.8 Å². The minimum Gasteiger partial charge on any atom is -0.480 e. The number of amides is 2. The van der Waals surface area contributed by atoms with Crippen LogP contribution in [0.15, 0.2) is 23.1 Å². The molecule has 0 radical (unpaired) electrons. The molecule has 1 unspecified atom stereocenters. The molecule has 26 heavy (non-hydrogen) atoms. The predicted octanol–water partition coefficient (Wildman–Crippen LogP) is 2.61. The summed E-state index contributed by atoms with van der Waals surface area (Å²) in [6.07, 6.45) is -0.212. The Labute approximate surface area is 161 Å². The van der Waals surface area contributed by atoms with Crippen molar-refractivity contribution in [3.05, 3.63) is 39.8 Å². The first-order valence-electron chi connectivity index (χ1n) is 7.98. The van der Waals surface area contributed by atoms with E-state index in [1.807, 2.05) is 39.0 Å².